The Labute approximate surface area is 168 Å². The predicted molar refractivity (Wildman–Crippen MR) is 99.6 cm³/mol. The lowest BCUT2D eigenvalue weighted by Crippen LogP contribution is -2.51. The molecular weight excluding hydrogens is 389 g/mol. The molecule has 0 saturated carbocycles. The Kier molecular flexibility index (Phi) is 7.50. The molecular formula is C20H27F3N2O4. The second-order valence-electron chi connectivity index (χ2n) is 7.46. The third kappa shape index (κ3) is 6.15. The molecule has 2 aliphatic heterocycles. The van der Waals surface area contributed by atoms with E-state index in [2.05, 4.69) is 0 Å². The summed E-state index contributed by atoms with van der Waals surface area (Å²) >= 11 is 0. The number of alkyl halides is 3. The van der Waals surface area contributed by atoms with Crippen molar-refractivity contribution >= 4 is 5.91 Å². The van der Waals surface area contributed by atoms with Gasteiger partial charge in [0.05, 0.1) is 36.5 Å². The minimum atomic E-state index is -4.57. The Morgan fingerprint density at radius 2 is 1.97 bits per heavy atom. The van der Waals surface area contributed by atoms with E-state index in [1.54, 1.807) is 0 Å². The summed E-state index contributed by atoms with van der Waals surface area (Å²) in [6.07, 6.45) is -3.11. The molecule has 0 aliphatic carbocycles. The molecule has 2 atom stereocenters. The molecule has 0 radical (unpaired) electrons. The van der Waals surface area contributed by atoms with Crippen LogP contribution in [0, 0.1) is 0 Å². The Morgan fingerprint density at radius 3 is 2.62 bits per heavy atom. The van der Waals surface area contributed by atoms with E-state index in [0.717, 1.165) is 25.5 Å². The minimum Gasteiger partial charge on any atom is -0.389 e. The molecule has 1 aromatic carbocycles. The number of hydrogen-bond donors (Lipinski definition) is 1. The number of benzene rings is 1. The maximum Gasteiger partial charge on any atom is 0.417 e. The van der Waals surface area contributed by atoms with Gasteiger partial charge < -0.3 is 19.5 Å². The molecule has 2 fully saturated rings. The Hall–Kier alpha value is -1.68. The number of nitrogens with zero attached hydrogens (tertiary/aromatic N) is 2. The van der Waals surface area contributed by atoms with Crippen LogP contribution in [0.1, 0.15) is 28.8 Å². The van der Waals surface area contributed by atoms with Gasteiger partial charge in [0.2, 0.25) is 0 Å². The van der Waals surface area contributed by atoms with E-state index in [0.29, 0.717) is 39.3 Å². The summed E-state index contributed by atoms with van der Waals surface area (Å²) in [6.45, 7) is 3.43. The Bertz CT molecular complexity index is 672. The van der Waals surface area contributed by atoms with Crippen LogP contribution in [0.15, 0.2) is 24.3 Å². The van der Waals surface area contributed by atoms with Crippen LogP contribution in [0.25, 0.3) is 0 Å². The zero-order chi connectivity index (χ0) is 20.9. The molecule has 9 heteroatoms. The lowest BCUT2D eigenvalue weighted by atomic mass is 10.1. The summed E-state index contributed by atoms with van der Waals surface area (Å²) in [5.74, 6) is -0.613. The van der Waals surface area contributed by atoms with Gasteiger partial charge in [-0.15, -0.1) is 0 Å². The zero-order valence-corrected chi connectivity index (χ0v) is 16.2. The third-order valence-corrected chi connectivity index (χ3v) is 5.23. The second-order valence-corrected chi connectivity index (χ2v) is 7.46. The molecule has 1 aromatic rings. The van der Waals surface area contributed by atoms with Crippen LogP contribution >= 0.6 is 0 Å². The zero-order valence-electron chi connectivity index (χ0n) is 16.2. The smallest absolute Gasteiger partial charge is 0.389 e. The van der Waals surface area contributed by atoms with E-state index in [1.807, 2.05) is 4.90 Å². The number of aliphatic hydroxyl groups excluding tert-OH is 1. The topological polar surface area (TPSA) is 62.2 Å². The van der Waals surface area contributed by atoms with Crippen molar-refractivity contribution in [2.24, 2.45) is 0 Å². The van der Waals surface area contributed by atoms with Crippen molar-refractivity contribution in [2.75, 3.05) is 52.5 Å². The van der Waals surface area contributed by atoms with Crippen LogP contribution in [-0.2, 0) is 15.7 Å². The van der Waals surface area contributed by atoms with Crippen molar-refractivity contribution in [2.45, 2.75) is 31.2 Å². The van der Waals surface area contributed by atoms with E-state index in [4.69, 9.17) is 9.47 Å². The van der Waals surface area contributed by atoms with Crippen LogP contribution in [0.2, 0.25) is 0 Å². The summed E-state index contributed by atoms with van der Waals surface area (Å²) in [5.41, 5.74) is -1.23. The van der Waals surface area contributed by atoms with Gasteiger partial charge in [0.25, 0.3) is 5.91 Å². The maximum atomic E-state index is 13.2. The highest BCUT2D eigenvalue weighted by Gasteiger charge is 2.36. The Balaban J connectivity index is 1.43. The highest BCUT2D eigenvalue weighted by molar-refractivity contribution is 5.96. The van der Waals surface area contributed by atoms with Crippen molar-refractivity contribution < 1.29 is 32.5 Å². The summed E-state index contributed by atoms with van der Waals surface area (Å²) < 4.78 is 50.4. The molecule has 0 bridgehead atoms. The average Bonchev–Trinajstić information content (AvgIpc) is 3.21. The molecule has 3 rings (SSSR count). The van der Waals surface area contributed by atoms with Crippen LogP contribution in [-0.4, -0.2) is 85.6 Å². The first-order valence-electron chi connectivity index (χ1n) is 9.90. The van der Waals surface area contributed by atoms with Gasteiger partial charge in [-0.05, 0) is 25.0 Å². The van der Waals surface area contributed by atoms with E-state index >= 15 is 0 Å². The fourth-order valence-electron chi connectivity index (χ4n) is 3.68. The fourth-order valence-corrected chi connectivity index (χ4v) is 3.68. The molecule has 2 heterocycles. The predicted octanol–water partition coefficient (Wildman–Crippen LogP) is 2.02. The van der Waals surface area contributed by atoms with Gasteiger partial charge in [0.15, 0.2) is 0 Å². The summed E-state index contributed by atoms with van der Waals surface area (Å²) in [7, 11) is 0. The summed E-state index contributed by atoms with van der Waals surface area (Å²) in [5, 5.41) is 10.1. The number of halogens is 3. The number of aliphatic hydroxyl groups is 1. The number of amides is 1. The maximum absolute atomic E-state index is 13.2. The first kappa shape index (κ1) is 22.0. The molecule has 29 heavy (non-hydrogen) atoms. The molecule has 1 N–H and O–H groups in total. The largest absolute Gasteiger partial charge is 0.417 e. The van der Waals surface area contributed by atoms with Gasteiger partial charge >= 0.3 is 6.18 Å². The number of piperazine rings is 1. The normalized spacial score (nSPS) is 22.1. The Morgan fingerprint density at radius 1 is 1.24 bits per heavy atom. The van der Waals surface area contributed by atoms with Crippen LogP contribution in [0.3, 0.4) is 0 Å². The molecule has 1 amide bonds. The number of carbonyl (C=O) groups excluding carboxylic acids is 1. The van der Waals surface area contributed by atoms with Crippen LogP contribution in [0.5, 0.6) is 0 Å². The van der Waals surface area contributed by atoms with Gasteiger partial charge in [-0.25, -0.2) is 0 Å². The van der Waals surface area contributed by atoms with Crippen molar-refractivity contribution in [3.63, 3.8) is 0 Å². The van der Waals surface area contributed by atoms with Gasteiger partial charge in [0.1, 0.15) is 0 Å². The monoisotopic (exact) mass is 416 g/mol. The van der Waals surface area contributed by atoms with E-state index in [1.165, 1.54) is 23.1 Å². The first-order chi connectivity index (χ1) is 13.8. The standard InChI is InChI=1S/C20H27F3N2O4/c21-20(22,23)18-6-2-1-5-17(18)19(27)25-9-7-24(8-10-25)12-15(26)13-28-14-16-4-3-11-29-16/h1-2,5-6,15-16,26H,3-4,7-14H2. The lowest BCUT2D eigenvalue weighted by molar-refractivity contribution is -0.138. The van der Waals surface area contributed by atoms with Crippen molar-refractivity contribution in [3.05, 3.63) is 35.4 Å². The number of rotatable bonds is 7. The fraction of sp³-hybridized carbons (Fsp3) is 0.650. The molecule has 162 valence electrons. The van der Waals surface area contributed by atoms with Gasteiger partial charge in [-0.3, -0.25) is 9.69 Å². The number of hydrogen-bond acceptors (Lipinski definition) is 5. The highest BCUT2D eigenvalue weighted by Crippen LogP contribution is 2.32. The summed E-state index contributed by atoms with van der Waals surface area (Å²) in [4.78, 5) is 16.0. The second kappa shape index (κ2) is 9.88. The minimum absolute atomic E-state index is 0.108. The lowest BCUT2D eigenvalue weighted by Gasteiger charge is -2.36. The number of β-amino-alcohol motifs (C(OH)–C–C–N with tert-alkyl or cyclic N) is 1. The number of ether oxygens (including phenoxy) is 2. The van der Waals surface area contributed by atoms with Crippen molar-refractivity contribution in [1.82, 2.24) is 9.80 Å². The van der Waals surface area contributed by atoms with Crippen molar-refractivity contribution in [1.29, 1.82) is 0 Å². The molecule has 6 nitrogen and oxygen atoms in total. The SMILES string of the molecule is O=C(c1ccccc1C(F)(F)F)N1CCN(CC(O)COCC2CCCO2)CC1. The van der Waals surface area contributed by atoms with Crippen molar-refractivity contribution in [3.8, 4) is 0 Å². The highest BCUT2D eigenvalue weighted by atomic mass is 19.4. The first-order valence-corrected chi connectivity index (χ1v) is 9.90. The van der Waals surface area contributed by atoms with Gasteiger partial charge in [0, 0.05) is 39.3 Å². The molecule has 2 aliphatic rings. The third-order valence-electron chi connectivity index (χ3n) is 5.23. The molecule has 2 saturated heterocycles. The quantitative estimate of drug-likeness (QED) is 0.737. The van der Waals surface area contributed by atoms with E-state index in [-0.39, 0.29) is 18.3 Å². The molecule has 2 unspecified atom stereocenters. The average molecular weight is 416 g/mol. The van der Waals surface area contributed by atoms with E-state index < -0.39 is 23.8 Å². The van der Waals surface area contributed by atoms with Gasteiger partial charge in [-0.2, -0.15) is 13.2 Å². The van der Waals surface area contributed by atoms with Gasteiger partial charge in [-0.1, -0.05) is 12.1 Å². The molecule has 0 aromatic heterocycles. The summed E-state index contributed by atoms with van der Waals surface area (Å²) in [6, 6.07) is 4.86. The molecule has 0 spiro atoms. The number of carbonyl (C=O) groups is 1. The van der Waals surface area contributed by atoms with Crippen LogP contribution < -0.4 is 0 Å². The van der Waals surface area contributed by atoms with Crippen LogP contribution in [0.4, 0.5) is 13.2 Å². The van der Waals surface area contributed by atoms with E-state index in [9.17, 15) is 23.1 Å².